The molecule has 2 rings (SSSR count). The zero-order chi connectivity index (χ0) is 13.5. The molecule has 118 valence electrons. The van der Waals surface area contributed by atoms with Crippen molar-refractivity contribution in [2.24, 2.45) is 4.99 Å². The fraction of sp³-hybridized carbons (Fsp3) is 0.923. The standard InChI is InChI=1S/C13H25N3O2S.HI/c1-3-12-9-16(4-7-19-12)13(14-2)15-8-11-10-17-5-6-18-11;/h11-12H,3-10H2,1-2H3,(H,14,15);1H. The molecule has 1 N–H and O–H groups in total. The number of aliphatic imine (C=N–C) groups is 1. The van der Waals surface area contributed by atoms with Crippen molar-refractivity contribution in [1.29, 1.82) is 0 Å². The molecule has 5 nitrogen and oxygen atoms in total. The van der Waals surface area contributed by atoms with Crippen molar-refractivity contribution in [3.05, 3.63) is 0 Å². The maximum atomic E-state index is 5.64. The van der Waals surface area contributed by atoms with Crippen molar-refractivity contribution in [2.75, 3.05) is 52.3 Å². The smallest absolute Gasteiger partial charge is 0.193 e. The first-order chi connectivity index (χ1) is 9.33. The molecule has 0 aromatic heterocycles. The lowest BCUT2D eigenvalue weighted by atomic mass is 10.3. The Kier molecular flexibility index (Phi) is 9.23. The molecule has 0 aliphatic carbocycles. The topological polar surface area (TPSA) is 46.1 Å². The minimum absolute atomic E-state index is 0. The number of halogens is 1. The molecule has 2 unspecified atom stereocenters. The lowest BCUT2D eigenvalue weighted by molar-refractivity contribution is -0.0851. The van der Waals surface area contributed by atoms with E-state index in [1.165, 1.54) is 12.2 Å². The van der Waals surface area contributed by atoms with Gasteiger partial charge in [0.15, 0.2) is 5.96 Å². The van der Waals surface area contributed by atoms with Crippen LogP contribution in [-0.2, 0) is 9.47 Å². The molecule has 2 heterocycles. The zero-order valence-corrected chi connectivity index (χ0v) is 15.5. The maximum absolute atomic E-state index is 5.64. The summed E-state index contributed by atoms with van der Waals surface area (Å²) in [7, 11) is 1.85. The Morgan fingerprint density at radius 3 is 2.95 bits per heavy atom. The summed E-state index contributed by atoms with van der Waals surface area (Å²) in [6.07, 6.45) is 1.37. The molecule has 0 bridgehead atoms. The van der Waals surface area contributed by atoms with Crippen LogP contribution in [0.25, 0.3) is 0 Å². The van der Waals surface area contributed by atoms with Gasteiger partial charge >= 0.3 is 0 Å². The molecular weight excluding hydrogens is 389 g/mol. The second kappa shape index (κ2) is 10.1. The second-order valence-electron chi connectivity index (χ2n) is 4.84. The number of hydrogen-bond donors (Lipinski definition) is 1. The van der Waals surface area contributed by atoms with Crippen LogP contribution in [0.1, 0.15) is 13.3 Å². The van der Waals surface area contributed by atoms with E-state index in [4.69, 9.17) is 9.47 Å². The number of nitrogens with one attached hydrogen (secondary N) is 1. The van der Waals surface area contributed by atoms with Gasteiger partial charge in [-0.3, -0.25) is 4.99 Å². The molecule has 2 aliphatic rings. The molecule has 0 amide bonds. The maximum Gasteiger partial charge on any atom is 0.193 e. The fourth-order valence-corrected chi connectivity index (χ4v) is 3.53. The largest absolute Gasteiger partial charge is 0.376 e. The van der Waals surface area contributed by atoms with Gasteiger partial charge in [-0.15, -0.1) is 24.0 Å². The summed E-state index contributed by atoms with van der Waals surface area (Å²) in [4.78, 5) is 6.75. The van der Waals surface area contributed by atoms with Gasteiger partial charge in [0.1, 0.15) is 0 Å². The van der Waals surface area contributed by atoms with E-state index in [1.54, 1.807) is 0 Å². The van der Waals surface area contributed by atoms with Crippen molar-refractivity contribution in [1.82, 2.24) is 10.2 Å². The normalized spacial score (nSPS) is 27.9. The van der Waals surface area contributed by atoms with Crippen LogP contribution in [0.2, 0.25) is 0 Å². The average Bonchev–Trinajstić information content (AvgIpc) is 2.49. The SMILES string of the molecule is CCC1CN(C(=NC)NCC2COCCO2)CCS1.I. The summed E-state index contributed by atoms with van der Waals surface area (Å²) >= 11 is 2.07. The Hall–Kier alpha value is 0.270. The van der Waals surface area contributed by atoms with Crippen LogP contribution in [0, 0.1) is 0 Å². The lowest BCUT2D eigenvalue weighted by Gasteiger charge is -2.35. The van der Waals surface area contributed by atoms with Gasteiger partial charge in [0.05, 0.1) is 25.9 Å². The summed E-state index contributed by atoms with van der Waals surface area (Å²) in [6.45, 7) is 7.27. The molecular formula is C13H26IN3O2S. The van der Waals surface area contributed by atoms with Gasteiger partial charge in [-0.25, -0.2) is 0 Å². The minimum atomic E-state index is 0. The van der Waals surface area contributed by atoms with Crippen LogP contribution in [0.3, 0.4) is 0 Å². The van der Waals surface area contributed by atoms with Gasteiger partial charge < -0.3 is 19.7 Å². The van der Waals surface area contributed by atoms with Crippen molar-refractivity contribution < 1.29 is 9.47 Å². The van der Waals surface area contributed by atoms with Crippen molar-refractivity contribution in [3.8, 4) is 0 Å². The van der Waals surface area contributed by atoms with E-state index in [-0.39, 0.29) is 30.1 Å². The third-order valence-corrected chi connectivity index (χ3v) is 4.85. The molecule has 0 aromatic carbocycles. The molecule has 2 saturated heterocycles. The summed E-state index contributed by atoms with van der Waals surface area (Å²) in [5.74, 6) is 2.18. The highest BCUT2D eigenvalue weighted by Gasteiger charge is 2.22. The van der Waals surface area contributed by atoms with E-state index >= 15 is 0 Å². The third kappa shape index (κ3) is 5.57. The van der Waals surface area contributed by atoms with Gasteiger partial charge in [-0.05, 0) is 6.42 Å². The van der Waals surface area contributed by atoms with Gasteiger partial charge in [0.25, 0.3) is 0 Å². The van der Waals surface area contributed by atoms with Crippen LogP contribution in [0.4, 0.5) is 0 Å². The van der Waals surface area contributed by atoms with Gasteiger partial charge in [0, 0.05) is 37.7 Å². The van der Waals surface area contributed by atoms with E-state index in [0.717, 1.165) is 30.8 Å². The minimum Gasteiger partial charge on any atom is -0.376 e. The van der Waals surface area contributed by atoms with E-state index in [2.05, 4.69) is 33.9 Å². The van der Waals surface area contributed by atoms with Crippen LogP contribution in [0.15, 0.2) is 4.99 Å². The Morgan fingerprint density at radius 2 is 2.30 bits per heavy atom. The number of ether oxygens (including phenoxy) is 2. The molecule has 0 radical (unpaired) electrons. The number of guanidine groups is 1. The average molecular weight is 415 g/mol. The monoisotopic (exact) mass is 415 g/mol. The highest BCUT2D eigenvalue weighted by atomic mass is 127. The number of nitrogens with zero attached hydrogens (tertiary/aromatic N) is 2. The predicted octanol–water partition coefficient (Wildman–Crippen LogP) is 1.42. The van der Waals surface area contributed by atoms with Crippen LogP contribution in [0.5, 0.6) is 0 Å². The van der Waals surface area contributed by atoms with Crippen molar-refractivity contribution >= 4 is 41.7 Å². The number of thioether (sulfide) groups is 1. The van der Waals surface area contributed by atoms with Crippen LogP contribution >= 0.6 is 35.7 Å². The van der Waals surface area contributed by atoms with Crippen molar-refractivity contribution in [3.63, 3.8) is 0 Å². The van der Waals surface area contributed by atoms with Crippen LogP contribution < -0.4 is 5.32 Å². The summed E-state index contributed by atoms with van der Waals surface area (Å²) in [5.41, 5.74) is 0. The first-order valence-electron chi connectivity index (χ1n) is 7.10. The second-order valence-corrected chi connectivity index (χ2v) is 6.25. The first kappa shape index (κ1) is 18.3. The van der Waals surface area contributed by atoms with Crippen molar-refractivity contribution in [2.45, 2.75) is 24.7 Å². The third-order valence-electron chi connectivity index (χ3n) is 3.48. The molecule has 0 saturated carbocycles. The first-order valence-corrected chi connectivity index (χ1v) is 8.15. The molecule has 0 aromatic rings. The van der Waals surface area contributed by atoms with Gasteiger partial charge in [0.2, 0.25) is 0 Å². The molecule has 2 fully saturated rings. The summed E-state index contributed by atoms with van der Waals surface area (Å²) in [5, 5.41) is 4.14. The molecule has 2 aliphatic heterocycles. The Balaban J connectivity index is 0.00000200. The molecule has 0 spiro atoms. The number of hydrogen-bond acceptors (Lipinski definition) is 4. The highest BCUT2D eigenvalue weighted by Crippen LogP contribution is 2.20. The van der Waals surface area contributed by atoms with Gasteiger partial charge in [-0.2, -0.15) is 11.8 Å². The van der Waals surface area contributed by atoms with E-state index < -0.39 is 0 Å². The van der Waals surface area contributed by atoms with E-state index in [1.807, 2.05) is 7.05 Å². The highest BCUT2D eigenvalue weighted by molar-refractivity contribution is 14.0. The number of rotatable bonds is 3. The fourth-order valence-electron chi connectivity index (χ4n) is 2.35. The summed E-state index contributed by atoms with van der Waals surface area (Å²) < 4.78 is 11.0. The van der Waals surface area contributed by atoms with E-state index in [9.17, 15) is 0 Å². The molecule has 2 atom stereocenters. The molecule has 7 heteroatoms. The zero-order valence-electron chi connectivity index (χ0n) is 12.3. The quantitative estimate of drug-likeness (QED) is 0.429. The Labute approximate surface area is 143 Å². The van der Waals surface area contributed by atoms with Crippen LogP contribution in [-0.4, -0.2) is 74.5 Å². The summed E-state index contributed by atoms with van der Waals surface area (Å²) in [6, 6.07) is 0. The molecule has 20 heavy (non-hydrogen) atoms. The Morgan fingerprint density at radius 1 is 1.45 bits per heavy atom. The Bertz CT molecular complexity index is 301. The van der Waals surface area contributed by atoms with Gasteiger partial charge in [-0.1, -0.05) is 6.92 Å². The lowest BCUT2D eigenvalue weighted by Crippen LogP contribution is -2.50. The van der Waals surface area contributed by atoms with E-state index in [0.29, 0.717) is 19.8 Å². The predicted molar refractivity (Wildman–Crippen MR) is 95.4 cm³/mol.